The maximum absolute atomic E-state index is 9.22. The second-order valence-corrected chi connectivity index (χ2v) is 6.56. The lowest BCUT2D eigenvalue weighted by molar-refractivity contribution is -0.00782. The molecule has 0 unspecified atom stereocenters. The maximum Gasteiger partial charge on any atom is 0.188 e. The summed E-state index contributed by atoms with van der Waals surface area (Å²) in [6.07, 6.45) is 12.7. The van der Waals surface area contributed by atoms with E-state index in [1.165, 1.54) is 44.2 Å². The Morgan fingerprint density at radius 1 is 1.12 bits per heavy atom. The molecule has 1 aromatic rings. The number of nitriles is 1. The highest BCUT2D eigenvalue weighted by atomic mass is 15.0. The van der Waals surface area contributed by atoms with Crippen LogP contribution < -0.4 is 0 Å². The molecule has 0 saturated heterocycles. The van der Waals surface area contributed by atoms with Gasteiger partial charge in [-0.2, -0.15) is 5.26 Å². The van der Waals surface area contributed by atoms with Crippen LogP contribution in [0.4, 0.5) is 0 Å². The van der Waals surface area contributed by atoms with Crippen LogP contribution in [0, 0.1) is 29.2 Å². The van der Waals surface area contributed by atoms with Crippen LogP contribution in [0.1, 0.15) is 44.2 Å². The fourth-order valence-corrected chi connectivity index (χ4v) is 5.32. The zero-order valence-corrected chi connectivity index (χ0v) is 10.1. The maximum atomic E-state index is 9.22. The van der Waals surface area contributed by atoms with Crippen LogP contribution in [-0.2, 0) is 5.41 Å². The van der Waals surface area contributed by atoms with E-state index in [0.29, 0.717) is 5.41 Å². The van der Waals surface area contributed by atoms with Gasteiger partial charge in [0.25, 0.3) is 0 Å². The van der Waals surface area contributed by atoms with Gasteiger partial charge < -0.3 is 0 Å². The molecule has 5 rings (SSSR count). The van der Waals surface area contributed by atoms with Crippen LogP contribution in [0.2, 0.25) is 0 Å². The first kappa shape index (κ1) is 9.76. The lowest BCUT2D eigenvalue weighted by Gasteiger charge is -2.56. The standard InChI is InChI=1S/C15H18N2/c16-10-17-3-1-2-14(17)15-7-11-4-12(8-15)6-13(5-11)9-15/h1-3,11-13H,4-9H2. The van der Waals surface area contributed by atoms with Crippen LogP contribution in [0.5, 0.6) is 0 Å². The second kappa shape index (κ2) is 3.16. The normalized spacial score (nSPS) is 42.6. The van der Waals surface area contributed by atoms with Gasteiger partial charge in [0.2, 0.25) is 0 Å². The van der Waals surface area contributed by atoms with Crippen molar-refractivity contribution in [2.24, 2.45) is 17.8 Å². The van der Waals surface area contributed by atoms with Crippen molar-refractivity contribution in [3.05, 3.63) is 24.0 Å². The SMILES string of the molecule is N#Cn1cccc1C12CC3CC(CC(C3)C1)C2. The first-order chi connectivity index (χ1) is 8.29. The van der Waals surface area contributed by atoms with E-state index in [-0.39, 0.29) is 0 Å². The molecule has 0 amide bonds. The third kappa shape index (κ3) is 1.26. The highest BCUT2D eigenvalue weighted by molar-refractivity contribution is 5.27. The van der Waals surface area contributed by atoms with Crippen molar-refractivity contribution >= 4 is 0 Å². The Morgan fingerprint density at radius 3 is 2.24 bits per heavy atom. The summed E-state index contributed by atoms with van der Waals surface area (Å²) < 4.78 is 1.81. The molecule has 1 aromatic heterocycles. The fourth-order valence-electron chi connectivity index (χ4n) is 5.32. The fraction of sp³-hybridized carbons (Fsp3) is 0.667. The second-order valence-electron chi connectivity index (χ2n) is 6.56. The van der Waals surface area contributed by atoms with Crippen molar-refractivity contribution in [2.45, 2.75) is 43.9 Å². The predicted molar refractivity (Wildman–Crippen MR) is 65.3 cm³/mol. The average Bonchev–Trinajstić information content (AvgIpc) is 2.75. The largest absolute Gasteiger partial charge is 0.259 e. The smallest absolute Gasteiger partial charge is 0.188 e. The van der Waals surface area contributed by atoms with Crippen molar-refractivity contribution in [2.75, 3.05) is 0 Å². The van der Waals surface area contributed by atoms with Crippen molar-refractivity contribution in [1.82, 2.24) is 4.57 Å². The van der Waals surface area contributed by atoms with Crippen molar-refractivity contribution in [3.63, 3.8) is 0 Å². The zero-order chi connectivity index (χ0) is 11.5. The average molecular weight is 226 g/mol. The monoisotopic (exact) mass is 226 g/mol. The summed E-state index contributed by atoms with van der Waals surface area (Å²) in [7, 11) is 0. The van der Waals surface area contributed by atoms with Gasteiger partial charge in [0.15, 0.2) is 6.19 Å². The summed E-state index contributed by atoms with van der Waals surface area (Å²) in [4.78, 5) is 0. The highest BCUT2D eigenvalue weighted by Crippen LogP contribution is 2.60. The molecular formula is C15H18N2. The van der Waals surface area contributed by atoms with Crippen LogP contribution in [-0.4, -0.2) is 4.57 Å². The molecule has 2 nitrogen and oxygen atoms in total. The third-order valence-corrected chi connectivity index (χ3v) is 5.44. The van der Waals surface area contributed by atoms with Gasteiger partial charge in [-0.1, -0.05) is 0 Å². The lowest BCUT2D eigenvalue weighted by Crippen LogP contribution is -2.49. The van der Waals surface area contributed by atoms with E-state index < -0.39 is 0 Å². The van der Waals surface area contributed by atoms with Crippen LogP contribution in [0.25, 0.3) is 0 Å². The summed E-state index contributed by atoms with van der Waals surface area (Å²) in [5.74, 6) is 2.84. The quantitative estimate of drug-likeness (QED) is 0.722. The van der Waals surface area contributed by atoms with Gasteiger partial charge in [0, 0.05) is 17.3 Å². The van der Waals surface area contributed by atoms with E-state index in [1.807, 2.05) is 16.8 Å². The molecule has 4 bridgehead atoms. The predicted octanol–water partition coefficient (Wildman–Crippen LogP) is 3.29. The Balaban J connectivity index is 1.80. The Bertz CT molecular complexity index is 456. The van der Waals surface area contributed by atoms with Crippen LogP contribution in [0.15, 0.2) is 18.3 Å². The first-order valence-corrected chi connectivity index (χ1v) is 6.87. The zero-order valence-electron chi connectivity index (χ0n) is 10.1. The molecule has 0 N–H and O–H groups in total. The Labute approximate surface area is 102 Å². The minimum absolute atomic E-state index is 0.355. The third-order valence-electron chi connectivity index (χ3n) is 5.44. The van der Waals surface area contributed by atoms with E-state index in [4.69, 9.17) is 0 Å². The van der Waals surface area contributed by atoms with Crippen LogP contribution in [0.3, 0.4) is 0 Å². The first-order valence-electron chi connectivity index (χ1n) is 6.87. The molecule has 88 valence electrons. The molecule has 4 aliphatic rings. The van der Waals surface area contributed by atoms with Crippen molar-refractivity contribution in [3.8, 4) is 6.19 Å². The minimum Gasteiger partial charge on any atom is -0.259 e. The van der Waals surface area contributed by atoms with Gasteiger partial charge in [-0.3, -0.25) is 4.57 Å². The van der Waals surface area contributed by atoms with Gasteiger partial charge >= 0.3 is 0 Å². The summed E-state index contributed by atoms with van der Waals surface area (Å²) in [5.41, 5.74) is 1.66. The molecule has 0 aromatic carbocycles. The number of aromatic nitrogens is 1. The van der Waals surface area contributed by atoms with Gasteiger partial charge in [0.1, 0.15) is 0 Å². The van der Waals surface area contributed by atoms with Crippen LogP contribution >= 0.6 is 0 Å². The summed E-state index contributed by atoms with van der Waals surface area (Å²) in [5, 5.41) is 9.22. The number of hydrogen-bond acceptors (Lipinski definition) is 1. The van der Waals surface area contributed by atoms with Gasteiger partial charge in [-0.15, -0.1) is 0 Å². The summed E-state index contributed by atoms with van der Waals surface area (Å²) in [6, 6.07) is 4.23. The van der Waals surface area contributed by atoms with Crippen molar-refractivity contribution < 1.29 is 0 Å². The molecular weight excluding hydrogens is 208 g/mol. The van der Waals surface area contributed by atoms with Gasteiger partial charge in [-0.25, -0.2) is 0 Å². The van der Waals surface area contributed by atoms with Gasteiger partial charge in [-0.05, 0) is 68.4 Å². The van der Waals surface area contributed by atoms with E-state index in [9.17, 15) is 5.26 Å². The molecule has 0 radical (unpaired) electrons. The molecule has 17 heavy (non-hydrogen) atoms. The Kier molecular flexibility index (Phi) is 1.82. The molecule has 2 heteroatoms. The number of nitrogens with zero attached hydrogens (tertiary/aromatic N) is 2. The summed E-state index contributed by atoms with van der Waals surface area (Å²) >= 11 is 0. The van der Waals surface area contributed by atoms with Gasteiger partial charge in [0.05, 0.1) is 0 Å². The molecule has 0 aliphatic heterocycles. The Hall–Kier alpha value is -1.23. The van der Waals surface area contributed by atoms with E-state index in [1.54, 1.807) is 0 Å². The van der Waals surface area contributed by atoms with Crippen molar-refractivity contribution in [1.29, 1.82) is 5.26 Å². The highest BCUT2D eigenvalue weighted by Gasteiger charge is 2.52. The summed E-state index contributed by atoms with van der Waals surface area (Å²) in [6.45, 7) is 0. The van der Waals surface area contributed by atoms with E-state index in [2.05, 4.69) is 12.3 Å². The van der Waals surface area contributed by atoms with E-state index >= 15 is 0 Å². The van der Waals surface area contributed by atoms with E-state index in [0.717, 1.165) is 17.8 Å². The lowest BCUT2D eigenvalue weighted by atomic mass is 9.49. The molecule has 0 spiro atoms. The molecule has 0 atom stereocenters. The molecule has 4 saturated carbocycles. The molecule has 4 aliphatic carbocycles. The minimum atomic E-state index is 0.355. The molecule has 4 fully saturated rings. The molecule has 1 heterocycles. The number of rotatable bonds is 1. The number of hydrogen-bond donors (Lipinski definition) is 0. The Morgan fingerprint density at radius 2 is 1.71 bits per heavy atom. The topological polar surface area (TPSA) is 28.7 Å².